The van der Waals surface area contributed by atoms with Crippen LogP contribution >= 0.6 is 0 Å². The zero-order valence-corrected chi connectivity index (χ0v) is 9.80. The maximum absolute atomic E-state index is 11.8. The van der Waals surface area contributed by atoms with Gasteiger partial charge in [-0.1, -0.05) is 0 Å². The molecule has 1 N–H and O–H groups in total. The van der Waals surface area contributed by atoms with E-state index >= 15 is 0 Å². The Morgan fingerprint density at radius 1 is 1.44 bits per heavy atom. The molecule has 5 nitrogen and oxygen atoms in total. The maximum Gasteiger partial charge on any atom is 0.251 e. The van der Waals surface area contributed by atoms with Gasteiger partial charge < -0.3 is 9.73 Å². The lowest BCUT2D eigenvalue weighted by Crippen LogP contribution is -2.22. The Bertz CT molecular complexity index is 593. The fraction of sp³-hybridized carbons (Fsp3) is 0.154. The summed E-state index contributed by atoms with van der Waals surface area (Å²) in [4.78, 5) is 15.7. The zero-order chi connectivity index (χ0) is 13.0. The lowest BCUT2D eigenvalue weighted by molar-refractivity contribution is 0.0947. The van der Waals surface area contributed by atoms with Crippen LogP contribution < -0.4 is 5.32 Å². The van der Waals surface area contributed by atoms with Crippen LogP contribution in [0.5, 0.6) is 0 Å². The van der Waals surface area contributed by atoms with E-state index in [1.54, 1.807) is 37.4 Å². The van der Waals surface area contributed by atoms with Crippen LogP contribution in [0.2, 0.25) is 0 Å². The van der Waals surface area contributed by atoms with Gasteiger partial charge >= 0.3 is 0 Å². The number of aromatic nitrogens is 1. The summed E-state index contributed by atoms with van der Waals surface area (Å²) in [5.41, 5.74) is 1.02. The van der Waals surface area contributed by atoms with E-state index in [0.717, 1.165) is 0 Å². The van der Waals surface area contributed by atoms with Crippen molar-refractivity contribution in [3.8, 4) is 6.07 Å². The summed E-state index contributed by atoms with van der Waals surface area (Å²) >= 11 is 0. The molecule has 0 aliphatic rings. The summed E-state index contributed by atoms with van der Waals surface area (Å²) in [6.45, 7) is 2.03. The maximum atomic E-state index is 11.8. The Hall–Kier alpha value is -2.61. The molecule has 0 atom stereocenters. The Kier molecular flexibility index (Phi) is 3.39. The van der Waals surface area contributed by atoms with Crippen LogP contribution in [0.4, 0.5) is 0 Å². The number of benzene rings is 1. The second kappa shape index (κ2) is 5.15. The van der Waals surface area contributed by atoms with Gasteiger partial charge in [-0.05, 0) is 31.2 Å². The Labute approximate surface area is 104 Å². The molecule has 0 aliphatic carbocycles. The van der Waals surface area contributed by atoms with Crippen molar-refractivity contribution in [1.29, 1.82) is 5.26 Å². The van der Waals surface area contributed by atoms with Crippen molar-refractivity contribution in [1.82, 2.24) is 10.3 Å². The molecule has 90 valence electrons. The van der Waals surface area contributed by atoms with Crippen LogP contribution in [0.3, 0.4) is 0 Å². The summed E-state index contributed by atoms with van der Waals surface area (Å²) < 4.78 is 5.24. The summed E-state index contributed by atoms with van der Waals surface area (Å²) in [6.07, 6.45) is 1.60. The summed E-state index contributed by atoms with van der Waals surface area (Å²) in [7, 11) is 0. The van der Waals surface area contributed by atoms with Crippen molar-refractivity contribution in [2.75, 3.05) is 0 Å². The van der Waals surface area contributed by atoms with Crippen LogP contribution in [0.15, 0.2) is 34.9 Å². The van der Waals surface area contributed by atoms with Crippen LogP contribution in [0.25, 0.3) is 0 Å². The Morgan fingerprint density at radius 2 is 2.17 bits per heavy atom. The number of nitrogens with zero attached hydrogens (tertiary/aromatic N) is 2. The minimum absolute atomic E-state index is 0.227. The second-order valence-electron chi connectivity index (χ2n) is 3.74. The van der Waals surface area contributed by atoms with Crippen molar-refractivity contribution in [3.63, 3.8) is 0 Å². The van der Waals surface area contributed by atoms with Crippen molar-refractivity contribution >= 4 is 5.91 Å². The zero-order valence-electron chi connectivity index (χ0n) is 9.80. The average Bonchev–Trinajstić information content (AvgIpc) is 2.82. The highest BCUT2D eigenvalue weighted by molar-refractivity contribution is 5.94. The molecular formula is C13H11N3O2. The molecule has 5 heteroatoms. The highest BCUT2D eigenvalue weighted by Gasteiger charge is 2.07. The van der Waals surface area contributed by atoms with E-state index < -0.39 is 0 Å². The van der Waals surface area contributed by atoms with Crippen LogP contribution in [0, 0.1) is 18.3 Å². The van der Waals surface area contributed by atoms with Gasteiger partial charge in [0.25, 0.3) is 5.91 Å². The molecule has 1 aromatic heterocycles. The molecule has 0 saturated heterocycles. The SMILES string of the molecule is Cc1cnc(CNC(=O)c2ccc(C#N)cc2)o1. The van der Waals surface area contributed by atoms with Gasteiger partial charge in [0, 0.05) is 5.56 Å². The third kappa shape index (κ3) is 2.74. The van der Waals surface area contributed by atoms with Gasteiger partial charge in [0.2, 0.25) is 5.89 Å². The van der Waals surface area contributed by atoms with E-state index in [0.29, 0.717) is 22.8 Å². The standard InChI is InChI=1S/C13H11N3O2/c1-9-7-15-12(18-9)8-16-13(17)11-4-2-10(6-14)3-5-11/h2-5,7H,8H2,1H3,(H,16,17). The largest absolute Gasteiger partial charge is 0.444 e. The molecule has 0 unspecified atom stereocenters. The van der Waals surface area contributed by atoms with E-state index in [1.165, 1.54) is 0 Å². The number of hydrogen-bond acceptors (Lipinski definition) is 4. The minimum Gasteiger partial charge on any atom is -0.444 e. The highest BCUT2D eigenvalue weighted by Crippen LogP contribution is 2.04. The van der Waals surface area contributed by atoms with E-state index in [4.69, 9.17) is 9.68 Å². The molecule has 0 radical (unpaired) electrons. The molecule has 0 saturated carbocycles. The fourth-order valence-electron chi connectivity index (χ4n) is 1.44. The molecule has 0 fully saturated rings. The quantitative estimate of drug-likeness (QED) is 0.888. The summed E-state index contributed by atoms with van der Waals surface area (Å²) in [6, 6.07) is 8.41. The molecule has 1 amide bonds. The predicted octanol–water partition coefficient (Wildman–Crippen LogP) is 1.78. The third-order valence-electron chi connectivity index (χ3n) is 2.35. The van der Waals surface area contributed by atoms with Crippen molar-refractivity contribution < 1.29 is 9.21 Å². The monoisotopic (exact) mass is 241 g/mol. The van der Waals surface area contributed by atoms with Gasteiger partial charge in [-0.15, -0.1) is 0 Å². The van der Waals surface area contributed by atoms with Gasteiger partial charge in [-0.25, -0.2) is 4.98 Å². The van der Waals surface area contributed by atoms with Crippen LogP contribution in [-0.4, -0.2) is 10.9 Å². The lowest BCUT2D eigenvalue weighted by Gasteiger charge is -2.02. The topological polar surface area (TPSA) is 78.9 Å². The summed E-state index contributed by atoms with van der Waals surface area (Å²) in [5, 5.41) is 11.3. The Morgan fingerprint density at radius 3 is 2.72 bits per heavy atom. The minimum atomic E-state index is -0.227. The molecular weight excluding hydrogens is 230 g/mol. The van der Waals surface area contributed by atoms with E-state index in [9.17, 15) is 4.79 Å². The van der Waals surface area contributed by atoms with E-state index in [2.05, 4.69) is 10.3 Å². The highest BCUT2D eigenvalue weighted by atomic mass is 16.4. The molecule has 2 aromatic rings. The molecule has 18 heavy (non-hydrogen) atoms. The normalized spacial score (nSPS) is 9.78. The number of oxazole rings is 1. The molecule has 0 bridgehead atoms. The average molecular weight is 241 g/mol. The molecule has 0 aliphatic heterocycles. The first-order chi connectivity index (χ1) is 8.69. The number of aryl methyl sites for hydroxylation is 1. The van der Waals surface area contributed by atoms with Gasteiger partial charge in [-0.3, -0.25) is 4.79 Å². The smallest absolute Gasteiger partial charge is 0.251 e. The first-order valence-electron chi connectivity index (χ1n) is 5.38. The van der Waals surface area contributed by atoms with Gasteiger partial charge in [0.05, 0.1) is 24.4 Å². The van der Waals surface area contributed by atoms with Crippen molar-refractivity contribution in [3.05, 3.63) is 53.2 Å². The number of rotatable bonds is 3. The lowest BCUT2D eigenvalue weighted by atomic mass is 10.1. The third-order valence-corrected chi connectivity index (χ3v) is 2.35. The van der Waals surface area contributed by atoms with E-state index in [-0.39, 0.29) is 12.5 Å². The number of carbonyl (C=O) groups excluding carboxylic acids is 1. The number of hydrogen-bond donors (Lipinski definition) is 1. The molecule has 0 spiro atoms. The molecule has 1 aromatic carbocycles. The number of carbonyl (C=O) groups is 1. The molecule has 2 rings (SSSR count). The predicted molar refractivity (Wildman–Crippen MR) is 63.6 cm³/mol. The first-order valence-corrected chi connectivity index (χ1v) is 5.38. The molecule has 1 heterocycles. The van der Waals surface area contributed by atoms with Gasteiger partial charge in [0.15, 0.2) is 0 Å². The second-order valence-corrected chi connectivity index (χ2v) is 3.74. The van der Waals surface area contributed by atoms with Crippen LogP contribution in [-0.2, 0) is 6.54 Å². The number of nitriles is 1. The Balaban J connectivity index is 1.97. The van der Waals surface area contributed by atoms with Gasteiger partial charge in [0.1, 0.15) is 5.76 Å². The van der Waals surface area contributed by atoms with Gasteiger partial charge in [-0.2, -0.15) is 5.26 Å². The number of nitrogens with one attached hydrogen (secondary N) is 1. The summed E-state index contributed by atoms with van der Waals surface area (Å²) in [5.74, 6) is 0.947. The van der Waals surface area contributed by atoms with E-state index in [1.807, 2.05) is 6.07 Å². The van der Waals surface area contributed by atoms with Crippen molar-refractivity contribution in [2.45, 2.75) is 13.5 Å². The van der Waals surface area contributed by atoms with Crippen molar-refractivity contribution in [2.24, 2.45) is 0 Å². The number of amides is 1. The first kappa shape index (κ1) is 11.9. The van der Waals surface area contributed by atoms with Crippen LogP contribution in [0.1, 0.15) is 27.6 Å². The fourth-order valence-corrected chi connectivity index (χ4v) is 1.44.